The average Bonchev–Trinajstić information content (AvgIpc) is 2.61. The topological polar surface area (TPSA) is 64.7 Å². The van der Waals surface area contributed by atoms with Crippen molar-refractivity contribution in [1.29, 1.82) is 0 Å². The molecule has 0 unspecified atom stereocenters. The van der Waals surface area contributed by atoms with Gasteiger partial charge in [-0.2, -0.15) is 0 Å². The molecule has 2 aliphatic rings. The van der Waals surface area contributed by atoms with Gasteiger partial charge in [0.05, 0.1) is 19.8 Å². The zero-order chi connectivity index (χ0) is 9.36. The van der Waals surface area contributed by atoms with Gasteiger partial charge in [-0.25, -0.2) is 0 Å². The SMILES string of the molecule is NC1(CO)CCC2(CC1)OCCO2. The Balaban J connectivity index is 1.95. The lowest BCUT2D eigenvalue weighted by atomic mass is 9.80. The van der Waals surface area contributed by atoms with E-state index in [1.807, 2.05) is 0 Å². The molecule has 4 nitrogen and oxygen atoms in total. The summed E-state index contributed by atoms with van der Waals surface area (Å²) in [6, 6.07) is 0. The first-order chi connectivity index (χ1) is 6.18. The van der Waals surface area contributed by atoms with Gasteiger partial charge in [0.1, 0.15) is 0 Å². The Bertz CT molecular complexity index is 179. The molecular formula is C9H17NO3. The van der Waals surface area contributed by atoms with Crippen LogP contribution in [0.2, 0.25) is 0 Å². The molecular weight excluding hydrogens is 170 g/mol. The van der Waals surface area contributed by atoms with E-state index in [0.717, 1.165) is 25.7 Å². The number of hydrogen-bond acceptors (Lipinski definition) is 4. The molecule has 2 fully saturated rings. The van der Waals surface area contributed by atoms with E-state index in [2.05, 4.69) is 0 Å². The highest BCUT2D eigenvalue weighted by Crippen LogP contribution is 2.38. The summed E-state index contributed by atoms with van der Waals surface area (Å²) in [5.41, 5.74) is 5.55. The van der Waals surface area contributed by atoms with Gasteiger partial charge in [0.2, 0.25) is 0 Å². The van der Waals surface area contributed by atoms with Crippen LogP contribution in [0.1, 0.15) is 25.7 Å². The van der Waals surface area contributed by atoms with Crippen LogP contribution in [0.4, 0.5) is 0 Å². The monoisotopic (exact) mass is 187 g/mol. The molecule has 1 heterocycles. The van der Waals surface area contributed by atoms with Crippen molar-refractivity contribution in [3.63, 3.8) is 0 Å². The standard InChI is InChI=1S/C9H17NO3/c10-8(7-11)1-3-9(4-2-8)12-5-6-13-9/h11H,1-7,10H2. The smallest absolute Gasteiger partial charge is 0.168 e. The second-order valence-electron chi connectivity index (χ2n) is 4.13. The van der Waals surface area contributed by atoms with Gasteiger partial charge in [0, 0.05) is 18.4 Å². The van der Waals surface area contributed by atoms with Crippen molar-refractivity contribution >= 4 is 0 Å². The molecule has 0 atom stereocenters. The lowest BCUT2D eigenvalue weighted by Gasteiger charge is -2.40. The van der Waals surface area contributed by atoms with Crippen molar-refractivity contribution in [2.24, 2.45) is 5.73 Å². The van der Waals surface area contributed by atoms with Crippen LogP contribution in [-0.4, -0.2) is 36.3 Å². The van der Waals surface area contributed by atoms with Gasteiger partial charge in [0.25, 0.3) is 0 Å². The lowest BCUT2D eigenvalue weighted by molar-refractivity contribution is -0.186. The van der Waals surface area contributed by atoms with Gasteiger partial charge >= 0.3 is 0 Å². The fourth-order valence-electron chi connectivity index (χ4n) is 2.07. The zero-order valence-corrected chi connectivity index (χ0v) is 7.79. The van der Waals surface area contributed by atoms with Gasteiger partial charge in [-0.15, -0.1) is 0 Å². The van der Waals surface area contributed by atoms with E-state index >= 15 is 0 Å². The van der Waals surface area contributed by atoms with Crippen molar-refractivity contribution in [3.05, 3.63) is 0 Å². The van der Waals surface area contributed by atoms with E-state index in [4.69, 9.17) is 20.3 Å². The van der Waals surface area contributed by atoms with Crippen molar-refractivity contribution < 1.29 is 14.6 Å². The predicted molar refractivity (Wildman–Crippen MR) is 47.1 cm³/mol. The fourth-order valence-corrected chi connectivity index (χ4v) is 2.07. The molecule has 1 saturated carbocycles. The first-order valence-corrected chi connectivity index (χ1v) is 4.86. The Hall–Kier alpha value is -0.160. The second-order valence-corrected chi connectivity index (χ2v) is 4.13. The highest BCUT2D eigenvalue weighted by atomic mass is 16.7. The van der Waals surface area contributed by atoms with Gasteiger partial charge < -0.3 is 20.3 Å². The van der Waals surface area contributed by atoms with Gasteiger partial charge in [-0.1, -0.05) is 0 Å². The van der Waals surface area contributed by atoms with Crippen molar-refractivity contribution in [1.82, 2.24) is 0 Å². The normalized spacial score (nSPS) is 30.9. The minimum atomic E-state index is -0.402. The van der Waals surface area contributed by atoms with Gasteiger partial charge in [-0.05, 0) is 12.8 Å². The Morgan fingerprint density at radius 3 is 2.08 bits per heavy atom. The van der Waals surface area contributed by atoms with Crippen LogP contribution in [0.3, 0.4) is 0 Å². The highest BCUT2D eigenvalue weighted by Gasteiger charge is 2.44. The van der Waals surface area contributed by atoms with E-state index < -0.39 is 5.54 Å². The van der Waals surface area contributed by atoms with E-state index in [1.165, 1.54) is 0 Å². The van der Waals surface area contributed by atoms with E-state index in [-0.39, 0.29) is 12.4 Å². The van der Waals surface area contributed by atoms with Crippen LogP contribution < -0.4 is 5.73 Å². The molecule has 2 rings (SSSR count). The number of aliphatic hydroxyl groups is 1. The Morgan fingerprint density at radius 2 is 1.62 bits per heavy atom. The maximum absolute atomic E-state index is 9.07. The quantitative estimate of drug-likeness (QED) is 0.606. The van der Waals surface area contributed by atoms with E-state index in [1.54, 1.807) is 0 Å². The van der Waals surface area contributed by atoms with Crippen molar-refractivity contribution in [2.75, 3.05) is 19.8 Å². The minimum Gasteiger partial charge on any atom is -0.394 e. The number of hydrogen-bond donors (Lipinski definition) is 2. The Morgan fingerprint density at radius 1 is 1.08 bits per heavy atom. The first kappa shape index (κ1) is 9.40. The summed E-state index contributed by atoms with van der Waals surface area (Å²) in [7, 11) is 0. The summed E-state index contributed by atoms with van der Waals surface area (Å²) >= 11 is 0. The first-order valence-electron chi connectivity index (χ1n) is 4.86. The molecule has 1 aliphatic heterocycles. The van der Waals surface area contributed by atoms with E-state index in [0.29, 0.717) is 13.2 Å². The van der Waals surface area contributed by atoms with Gasteiger partial charge in [-0.3, -0.25) is 0 Å². The summed E-state index contributed by atoms with van der Waals surface area (Å²) < 4.78 is 11.1. The van der Waals surface area contributed by atoms with Crippen LogP contribution in [0.5, 0.6) is 0 Å². The molecule has 3 N–H and O–H groups in total. The van der Waals surface area contributed by atoms with Crippen molar-refractivity contribution in [2.45, 2.75) is 37.0 Å². The maximum atomic E-state index is 9.07. The second kappa shape index (κ2) is 3.20. The minimum absolute atomic E-state index is 0.0586. The number of aliphatic hydroxyl groups excluding tert-OH is 1. The Kier molecular flexibility index (Phi) is 2.32. The van der Waals surface area contributed by atoms with Crippen LogP contribution in [0.25, 0.3) is 0 Å². The number of nitrogens with two attached hydrogens (primary N) is 1. The molecule has 0 bridgehead atoms. The highest BCUT2D eigenvalue weighted by molar-refractivity contribution is 4.94. The average molecular weight is 187 g/mol. The third kappa shape index (κ3) is 1.72. The molecule has 0 aromatic rings. The summed E-state index contributed by atoms with van der Waals surface area (Å²) in [5, 5.41) is 9.07. The molecule has 0 amide bonds. The fraction of sp³-hybridized carbons (Fsp3) is 1.00. The van der Waals surface area contributed by atoms with Gasteiger partial charge in [0.15, 0.2) is 5.79 Å². The zero-order valence-electron chi connectivity index (χ0n) is 7.79. The van der Waals surface area contributed by atoms with Crippen LogP contribution in [-0.2, 0) is 9.47 Å². The largest absolute Gasteiger partial charge is 0.394 e. The molecule has 1 spiro atoms. The number of rotatable bonds is 1. The Labute approximate surface area is 78.0 Å². The molecule has 76 valence electrons. The van der Waals surface area contributed by atoms with Crippen LogP contribution >= 0.6 is 0 Å². The molecule has 13 heavy (non-hydrogen) atoms. The molecule has 0 aromatic heterocycles. The molecule has 0 aromatic carbocycles. The maximum Gasteiger partial charge on any atom is 0.168 e. The molecule has 1 saturated heterocycles. The molecule has 0 radical (unpaired) electrons. The summed E-state index contributed by atoms with van der Waals surface area (Å²) in [6.45, 7) is 1.44. The summed E-state index contributed by atoms with van der Waals surface area (Å²) in [4.78, 5) is 0. The van der Waals surface area contributed by atoms with Crippen molar-refractivity contribution in [3.8, 4) is 0 Å². The summed E-state index contributed by atoms with van der Waals surface area (Å²) in [6.07, 6.45) is 3.18. The lowest BCUT2D eigenvalue weighted by Crippen LogP contribution is -2.51. The van der Waals surface area contributed by atoms with Crippen LogP contribution in [0.15, 0.2) is 0 Å². The third-order valence-corrected chi connectivity index (χ3v) is 3.14. The molecule has 4 heteroatoms. The predicted octanol–water partition coefficient (Wildman–Crippen LogP) is -0.00670. The third-order valence-electron chi connectivity index (χ3n) is 3.14. The summed E-state index contributed by atoms with van der Waals surface area (Å²) in [5.74, 6) is -0.363. The van der Waals surface area contributed by atoms with Crippen LogP contribution in [0, 0.1) is 0 Å². The number of ether oxygens (including phenoxy) is 2. The molecule has 1 aliphatic carbocycles. The van der Waals surface area contributed by atoms with E-state index in [9.17, 15) is 0 Å².